The predicted molar refractivity (Wildman–Crippen MR) is 99.5 cm³/mol. The number of aliphatic imine (C=N–C) groups is 1. The number of imide groups is 1. The minimum atomic E-state index is -0.0750. The van der Waals surface area contributed by atoms with Gasteiger partial charge in [-0.2, -0.15) is 0 Å². The second-order valence-corrected chi connectivity index (χ2v) is 6.48. The van der Waals surface area contributed by atoms with Crippen LogP contribution in [0, 0.1) is 6.92 Å². The van der Waals surface area contributed by atoms with Crippen molar-refractivity contribution >= 4 is 17.8 Å². The van der Waals surface area contributed by atoms with Crippen LogP contribution in [0.4, 0.5) is 0 Å². The van der Waals surface area contributed by atoms with E-state index in [1.807, 2.05) is 0 Å². The van der Waals surface area contributed by atoms with Crippen molar-refractivity contribution in [3.05, 3.63) is 35.4 Å². The maximum absolute atomic E-state index is 11.8. The van der Waals surface area contributed by atoms with Crippen LogP contribution >= 0.6 is 0 Å². The fraction of sp³-hybridized carbons (Fsp3) is 0.526. The summed E-state index contributed by atoms with van der Waals surface area (Å²) < 4.78 is 0. The molecule has 25 heavy (non-hydrogen) atoms. The molecule has 1 fully saturated rings. The van der Waals surface area contributed by atoms with Crippen LogP contribution in [0.15, 0.2) is 29.3 Å². The molecule has 0 aliphatic carbocycles. The first kappa shape index (κ1) is 19.0. The molecule has 1 aliphatic rings. The van der Waals surface area contributed by atoms with Crippen molar-refractivity contribution in [3.8, 4) is 0 Å². The van der Waals surface area contributed by atoms with Crippen LogP contribution in [0.5, 0.6) is 0 Å². The molecule has 136 valence electrons. The largest absolute Gasteiger partial charge is 0.356 e. The van der Waals surface area contributed by atoms with Crippen molar-refractivity contribution in [2.75, 3.05) is 26.7 Å². The third kappa shape index (κ3) is 5.59. The summed E-state index contributed by atoms with van der Waals surface area (Å²) in [5.74, 6) is 0.878. The smallest absolute Gasteiger partial charge is 0.229 e. The summed E-state index contributed by atoms with van der Waals surface area (Å²) >= 11 is 0. The van der Waals surface area contributed by atoms with E-state index < -0.39 is 0 Å². The molecular weight excluding hydrogens is 316 g/mol. The van der Waals surface area contributed by atoms with Gasteiger partial charge in [0.05, 0.1) is 0 Å². The van der Waals surface area contributed by atoms with E-state index in [1.54, 1.807) is 7.05 Å². The van der Waals surface area contributed by atoms with E-state index in [9.17, 15) is 9.59 Å². The molecule has 2 amide bonds. The van der Waals surface area contributed by atoms with Gasteiger partial charge in [-0.3, -0.25) is 19.5 Å². The highest BCUT2D eigenvalue weighted by atomic mass is 16.2. The highest BCUT2D eigenvalue weighted by molar-refractivity contribution is 5.97. The highest BCUT2D eigenvalue weighted by Crippen LogP contribution is 2.14. The van der Waals surface area contributed by atoms with Gasteiger partial charge in [0, 0.05) is 39.5 Å². The monoisotopic (exact) mass is 344 g/mol. The van der Waals surface area contributed by atoms with Gasteiger partial charge in [0.15, 0.2) is 5.96 Å². The van der Waals surface area contributed by atoms with Gasteiger partial charge in [-0.1, -0.05) is 36.8 Å². The third-order valence-corrected chi connectivity index (χ3v) is 4.46. The Balaban J connectivity index is 1.76. The Bertz CT molecular complexity index is 609. The van der Waals surface area contributed by atoms with Gasteiger partial charge in [-0.15, -0.1) is 0 Å². The minimum absolute atomic E-state index is 0.0750. The molecular formula is C19H28N4O2. The minimum Gasteiger partial charge on any atom is -0.356 e. The van der Waals surface area contributed by atoms with Crippen molar-refractivity contribution in [3.63, 3.8) is 0 Å². The van der Waals surface area contributed by atoms with Crippen molar-refractivity contribution in [2.24, 2.45) is 4.99 Å². The fourth-order valence-electron chi connectivity index (χ4n) is 2.82. The van der Waals surface area contributed by atoms with Crippen molar-refractivity contribution in [1.29, 1.82) is 0 Å². The first-order valence-electron chi connectivity index (χ1n) is 8.85. The lowest BCUT2D eigenvalue weighted by Gasteiger charge is -2.25. The second-order valence-electron chi connectivity index (χ2n) is 6.48. The topological polar surface area (TPSA) is 73.8 Å². The first-order valence-corrected chi connectivity index (χ1v) is 8.85. The number of likely N-dealkylation sites (tertiary alicyclic amines) is 1. The summed E-state index contributed by atoms with van der Waals surface area (Å²) in [6.07, 6.45) is 1.60. The summed E-state index contributed by atoms with van der Waals surface area (Å²) in [5.41, 5.74) is 2.53. The van der Waals surface area contributed by atoms with Crippen LogP contribution in [0.25, 0.3) is 0 Å². The van der Waals surface area contributed by atoms with Crippen molar-refractivity contribution < 1.29 is 9.59 Å². The summed E-state index contributed by atoms with van der Waals surface area (Å²) in [4.78, 5) is 29.1. The number of nitrogens with zero attached hydrogens (tertiary/aromatic N) is 2. The Morgan fingerprint density at radius 1 is 1.16 bits per heavy atom. The maximum atomic E-state index is 11.8. The normalized spacial score (nSPS) is 16.8. The molecule has 1 heterocycles. The average molecular weight is 344 g/mol. The predicted octanol–water partition coefficient (Wildman–Crippen LogP) is 1.80. The number of hydrogen-bond acceptors (Lipinski definition) is 3. The number of amides is 2. The molecule has 1 aliphatic heterocycles. The lowest BCUT2D eigenvalue weighted by molar-refractivity contribution is -0.147. The quantitative estimate of drug-likeness (QED) is 0.469. The number of carbonyl (C=O) groups excluding carboxylic acids is 2. The van der Waals surface area contributed by atoms with E-state index in [0.29, 0.717) is 44.2 Å². The Morgan fingerprint density at radius 3 is 2.40 bits per heavy atom. The highest BCUT2D eigenvalue weighted by Gasteiger charge is 2.25. The average Bonchev–Trinajstić information content (AvgIpc) is 2.60. The van der Waals surface area contributed by atoms with Crippen LogP contribution in [0.1, 0.15) is 43.2 Å². The molecule has 0 aromatic heterocycles. The van der Waals surface area contributed by atoms with E-state index in [0.717, 1.165) is 6.54 Å². The van der Waals surface area contributed by atoms with Gasteiger partial charge in [0.1, 0.15) is 0 Å². The molecule has 1 atom stereocenters. The van der Waals surface area contributed by atoms with Gasteiger partial charge in [0.25, 0.3) is 0 Å². The number of piperidine rings is 1. The summed E-state index contributed by atoms with van der Waals surface area (Å²) in [6, 6.07) is 8.52. The number of carbonyl (C=O) groups is 2. The Morgan fingerprint density at radius 2 is 1.80 bits per heavy atom. The van der Waals surface area contributed by atoms with Gasteiger partial charge in [0.2, 0.25) is 11.8 Å². The van der Waals surface area contributed by atoms with Gasteiger partial charge in [-0.05, 0) is 24.8 Å². The van der Waals surface area contributed by atoms with Gasteiger partial charge in [-0.25, -0.2) is 0 Å². The van der Waals surface area contributed by atoms with Crippen molar-refractivity contribution in [1.82, 2.24) is 15.5 Å². The van der Waals surface area contributed by atoms with Crippen LogP contribution in [-0.2, 0) is 9.59 Å². The van der Waals surface area contributed by atoms with E-state index in [4.69, 9.17) is 0 Å². The first-order chi connectivity index (χ1) is 12.0. The Kier molecular flexibility index (Phi) is 6.98. The number of rotatable bonds is 6. The van der Waals surface area contributed by atoms with Crippen molar-refractivity contribution in [2.45, 2.75) is 39.0 Å². The van der Waals surface area contributed by atoms with E-state index in [1.165, 1.54) is 16.0 Å². The fourth-order valence-corrected chi connectivity index (χ4v) is 2.82. The zero-order chi connectivity index (χ0) is 18.2. The Hall–Kier alpha value is -2.37. The van der Waals surface area contributed by atoms with Gasteiger partial charge < -0.3 is 10.6 Å². The van der Waals surface area contributed by atoms with E-state index >= 15 is 0 Å². The number of hydrogen-bond donors (Lipinski definition) is 2. The molecule has 6 heteroatoms. The molecule has 2 N–H and O–H groups in total. The molecule has 2 rings (SSSR count). The Labute approximate surface area is 149 Å². The van der Waals surface area contributed by atoms with Crippen LogP contribution in [-0.4, -0.2) is 49.4 Å². The molecule has 0 saturated carbocycles. The van der Waals surface area contributed by atoms with Crippen LogP contribution in [0.2, 0.25) is 0 Å². The summed E-state index contributed by atoms with van der Waals surface area (Å²) in [7, 11) is 1.71. The molecule has 1 unspecified atom stereocenters. The number of guanidine groups is 1. The summed E-state index contributed by atoms with van der Waals surface area (Å²) in [6.45, 7) is 5.87. The lowest BCUT2D eigenvalue weighted by Crippen LogP contribution is -2.46. The van der Waals surface area contributed by atoms with Crippen LogP contribution < -0.4 is 10.6 Å². The molecule has 0 spiro atoms. The molecule has 0 bridgehead atoms. The zero-order valence-corrected chi connectivity index (χ0v) is 15.3. The standard InChI is InChI=1S/C19H28N4O2/c1-14-7-9-16(10-8-14)15(2)13-22-19(20-3)21-11-12-23-17(24)5-4-6-18(23)25/h7-10,15H,4-6,11-13H2,1-3H3,(H2,20,21,22). The third-order valence-electron chi connectivity index (χ3n) is 4.46. The molecule has 6 nitrogen and oxygen atoms in total. The second kappa shape index (κ2) is 9.20. The number of nitrogens with one attached hydrogen (secondary N) is 2. The molecule has 1 saturated heterocycles. The number of aryl methyl sites for hydroxylation is 1. The molecule has 1 aromatic carbocycles. The molecule has 0 radical (unpaired) electrons. The SMILES string of the molecule is CN=C(NCCN1C(=O)CCCC1=O)NCC(C)c1ccc(C)cc1. The van der Waals surface area contributed by atoms with E-state index in [2.05, 4.69) is 53.7 Å². The lowest BCUT2D eigenvalue weighted by atomic mass is 10.0. The maximum Gasteiger partial charge on any atom is 0.229 e. The van der Waals surface area contributed by atoms with Crippen LogP contribution in [0.3, 0.4) is 0 Å². The summed E-state index contributed by atoms with van der Waals surface area (Å²) in [5, 5.41) is 6.46. The number of benzene rings is 1. The van der Waals surface area contributed by atoms with Gasteiger partial charge >= 0.3 is 0 Å². The zero-order valence-electron chi connectivity index (χ0n) is 15.3. The molecule has 1 aromatic rings. The van der Waals surface area contributed by atoms with E-state index in [-0.39, 0.29) is 11.8 Å².